The van der Waals surface area contributed by atoms with E-state index in [0.717, 1.165) is 12.5 Å². The molecule has 1 atom stereocenters. The van der Waals surface area contributed by atoms with Gasteiger partial charge in [-0.1, -0.05) is 23.7 Å². The molecule has 12 heteroatoms. The third-order valence-electron chi connectivity index (χ3n) is 4.02. The minimum atomic E-state index is -3.71. The highest BCUT2D eigenvalue weighted by atomic mass is 35.5. The third-order valence-corrected chi connectivity index (χ3v) is 5.12. The van der Waals surface area contributed by atoms with Crippen molar-refractivity contribution in [2.45, 2.75) is 17.9 Å². The molecular weight excluding hydrogens is 444 g/mol. The van der Waals surface area contributed by atoms with Crippen molar-refractivity contribution < 1.29 is 17.9 Å². The van der Waals surface area contributed by atoms with Crippen molar-refractivity contribution >= 4 is 33.2 Å². The second-order valence-corrected chi connectivity index (χ2v) is 8.70. The lowest BCUT2D eigenvalue weighted by Crippen LogP contribution is -2.27. The van der Waals surface area contributed by atoms with Crippen LogP contribution in [-0.4, -0.2) is 47.6 Å². The maximum absolute atomic E-state index is 12.8. The molecule has 2 heterocycles. The molecule has 10 nitrogen and oxygen atoms in total. The Morgan fingerprint density at radius 3 is 2.58 bits per heavy atom. The summed E-state index contributed by atoms with van der Waals surface area (Å²) in [6.45, 7) is 0.0644. The van der Waals surface area contributed by atoms with Crippen LogP contribution in [0.1, 0.15) is 28.0 Å². The summed E-state index contributed by atoms with van der Waals surface area (Å²) in [7, 11) is -2.26. The van der Waals surface area contributed by atoms with E-state index in [4.69, 9.17) is 16.3 Å². The second-order valence-electron chi connectivity index (χ2n) is 6.35. The molecule has 0 bridgehead atoms. The quantitative estimate of drug-likeness (QED) is 0.380. The first kappa shape index (κ1) is 22.5. The fourth-order valence-corrected chi connectivity index (χ4v) is 3.27. The molecule has 0 spiro atoms. The van der Waals surface area contributed by atoms with Crippen LogP contribution < -0.4 is 10.6 Å². The van der Waals surface area contributed by atoms with Gasteiger partial charge in [-0.15, -0.1) is 0 Å². The standard InChI is InChI=1S/C19H19ClN6O4S/c1-30-18(12-5-3-6-13(20)9-12)25-16-14(10-24-19(26-16)31(2,28)29)17(27)23-11-15-21-7-4-8-22-15/h3-10,18H,11H2,1-2H3,(H,23,27)(H,24,25,26). The van der Waals surface area contributed by atoms with Crippen molar-refractivity contribution in [2.24, 2.45) is 0 Å². The second kappa shape index (κ2) is 9.77. The Morgan fingerprint density at radius 2 is 1.94 bits per heavy atom. The highest BCUT2D eigenvalue weighted by molar-refractivity contribution is 7.90. The van der Waals surface area contributed by atoms with Gasteiger partial charge in [-0.05, 0) is 18.2 Å². The van der Waals surface area contributed by atoms with Gasteiger partial charge < -0.3 is 15.4 Å². The summed E-state index contributed by atoms with van der Waals surface area (Å²) in [4.78, 5) is 28.7. The number of hydrogen-bond donors (Lipinski definition) is 2. The van der Waals surface area contributed by atoms with Gasteiger partial charge in [0.05, 0.1) is 6.54 Å². The summed E-state index contributed by atoms with van der Waals surface area (Å²) < 4.78 is 29.3. The predicted octanol–water partition coefficient (Wildman–Crippen LogP) is 2.01. The average molecular weight is 463 g/mol. The molecule has 2 N–H and O–H groups in total. The van der Waals surface area contributed by atoms with E-state index in [-0.39, 0.29) is 17.9 Å². The molecule has 3 aromatic rings. The molecule has 0 saturated heterocycles. The minimum absolute atomic E-state index is 0.0197. The first-order valence-electron chi connectivity index (χ1n) is 8.94. The summed E-state index contributed by atoms with van der Waals surface area (Å²) in [6.07, 6.45) is 4.46. The van der Waals surface area contributed by atoms with Crippen LogP contribution in [0.2, 0.25) is 5.02 Å². The number of rotatable bonds is 8. The Balaban J connectivity index is 1.92. The molecule has 162 valence electrons. The van der Waals surface area contributed by atoms with Gasteiger partial charge >= 0.3 is 0 Å². The van der Waals surface area contributed by atoms with Crippen LogP contribution in [0.5, 0.6) is 0 Å². The summed E-state index contributed by atoms with van der Waals surface area (Å²) >= 11 is 6.05. The number of methoxy groups -OCH3 is 1. The third kappa shape index (κ3) is 5.94. The first-order valence-corrected chi connectivity index (χ1v) is 11.2. The van der Waals surface area contributed by atoms with E-state index in [1.54, 1.807) is 42.7 Å². The van der Waals surface area contributed by atoms with Crippen molar-refractivity contribution in [3.8, 4) is 0 Å². The summed E-state index contributed by atoms with van der Waals surface area (Å²) in [6, 6.07) is 8.54. The molecule has 0 saturated carbocycles. The topological polar surface area (TPSA) is 136 Å². The lowest BCUT2D eigenvalue weighted by atomic mass is 10.2. The van der Waals surface area contributed by atoms with E-state index in [1.807, 2.05) is 0 Å². The lowest BCUT2D eigenvalue weighted by Gasteiger charge is -2.20. The Kier molecular flexibility index (Phi) is 7.10. The number of halogens is 1. The molecule has 0 aliphatic carbocycles. The Bertz CT molecular complexity index is 1180. The minimum Gasteiger partial charge on any atom is -0.357 e. The van der Waals surface area contributed by atoms with Gasteiger partial charge in [-0.25, -0.2) is 28.4 Å². The van der Waals surface area contributed by atoms with Gasteiger partial charge in [0, 0.05) is 42.5 Å². The van der Waals surface area contributed by atoms with Crippen molar-refractivity contribution in [3.05, 3.63) is 70.9 Å². The predicted molar refractivity (Wildman–Crippen MR) is 113 cm³/mol. The fourth-order valence-electron chi connectivity index (χ4n) is 2.57. The fraction of sp³-hybridized carbons (Fsp3) is 0.211. The molecular formula is C19H19ClN6O4S. The normalized spacial score (nSPS) is 12.2. The van der Waals surface area contributed by atoms with Crippen molar-refractivity contribution in [3.63, 3.8) is 0 Å². The Hall–Kier alpha value is -3.15. The van der Waals surface area contributed by atoms with E-state index < -0.39 is 27.1 Å². The Morgan fingerprint density at radius 1 is 1.19 bits per heavy atom. The van der Waals surface area contributed by atoms with Crippen molar-refractivity contribution in [1.29, 1.82) is 0 Å². The molecule has 0 fully saturated rings. The number of amides is 1. The van der Waals surface area contributed by atoms with Crippen molar-refractivity contribution in [2.75, 3.05) is 18.7 Å². The van der Waals surface area contributed by atoms with E-state index in [1.165, 1.54) is 7.11 Å². The summed E-state index contributed by atoms with van der Waals surface area (Å²) in [5, 5.41) is 5.66. The van der Waals surface area contributed by atoms with Gasteiger partial charge in [0.25, 0.3) is 5.91 Å². The number of nitrogens with zero attached hydrogens (tertiary/aromatic N) is 4. The monoisotopic (exact) mass is 462 g/mol. The molecule has 3 rings (SSSR count). The molecule has 2 aromatic heterocycles. The zero-order chi connectivity index (χ0) is 22.4. The lowest BCUT2D eigenvalue weighted by molar-refractivity contribution is 0.0948. The van der Waals surface area contributed by atoms with Crippen LogP contribution in [0.25, 0.3) is 0 Å². The molecule has 31 heavy (non-hydrogen) atoms. The molecule has 1 amide bonds. The zero-order valence-corrected chi connectivity index (χ0v) is 18.2. The zero-order valence-electron chi connectivity index (χ0n) is 16.6. The Labute approximate surface area is 184 Å². The summed E-state index contributed by atoms with van der Waals surface area (Å²) in [5.74, 6) is -0.155. The van der Waals surface area contributed by atoms with Crippen LogP contribution in [0.4, 0.5) is 5.82 Å². The highest BCUT2D eigenvalue weighted by Gasteiger charge is 2.22. The van der Waals surface area contributed by atoms with Crippen LogP contribution >= 0.6 is 11.6 Å². The number of carbonyl (C=O) groups excluding carboxylic acids is 1. The smallest absolute Gasteiger partial charge is 0.256 e. The van der Waals surface area contributed by atoms with E-state index in [9.17, 15) is 13.2 Å². The molecule has 1 aromatic carbocycles. The van der Waals surface area contributed by atoms with Gasteiger partial charge in [0.15, 0.2) is 6.23 Å². The first-order chi connectivity index (χ1) is 14.8. The number of aromatic nitrogens is 4. The van der Waals surface area contributed by atoms with Gasteiger partial charge in [-0.3, -0.25) is 4.79 Å². The molecule has 0 aliphatic heterocycles. The number of ether oxygens (including phenoxy) is 1. The van der Waals surface area contributed by atoms with E-state index in [2.05, 4.69) is 30.6 Å². The molecule has 0 radical (unpaired) electrons. The van der Waals surface area contributed by atoms with Crippen LogP contribution in [0.15, 0.2) is 54.1 Å². The van der Waals surface area contributed by atoms with Crippen LogP contribution in [-0.2, 0) is 21.1 Å². The van der Waals surface area contributed by atoms with Gasteiger partial charge in [0.1, 0.15) is 17.2 Å². The van der Waals surface area contributed by atoms with Crippen molar-refractivity contribution in [1.82, 2.24) is 25.3 Å². The maximum Gasteiger partial charge on any atom is 0.256 e. The number of anilines is 1. The number of hydrogen-bond acceptors (Lipinski definition) is 9. The van der Waals surface area contributed by atoms with Gasteiger partial charge in [0.2, 0.25) is 15.0 Å². The number of benzene rings is 1. The maximum atomic E-state index is 12.8. The number of sulfone groups is 1. The van der Waals surface area contributed by atoms with E-state index >= 15 is 0 Å². The SMILES string of the molecule is COC(Nc1nc(S(C)(=O)=O)ncc1C(=O)NCc1ncccn1)c1cccc(Cl)c1. The summed E-state index contributed by atoms with van der Waals surface area (Å²) in [5.41, 5.74) is 0.672. The van der Waals surface area contributed by atoms with E-state index in [0.29, 0.717) is 16.4 Å². The molecule has 0 aliphatic rings. The average Bonchev–Trinajstić information content (AvgIpc) is 2.75. The van der Waals surface area contributed by atoms with Crippen LogP contribution in [0.3, 0.4) is 0 Å². The largest absolute Gasteiger partial charge is 0.357 e. The molecule has 1 unspecified atom stereocenters. The number of carbonyl (C=O) groups is 1. The number of nitrogens with one attached hydrogen (secondary N) is 2. The van der Waals surface area contributed by atoms with Gasteiger partial charge in [-0.2, -0.15) is 0 Å². The van der Waals surface area contributed by atoms with Crippen LogP contribution in [0, 0.1) is 0 Å². The highest BCUT2D eigenvalue weighted by Crippen LogP contribution is 2.24.